The van der Waals surface area contributed by atoms with Crippen LogP contribution < -0.4 is 47.2 Å². The number of aromatic nitrogens is 4. The van der Waals surface area contributed by atoms with Crippen molar-refractivity contribution in [3.63, 3.8) is 0 Å². The predicted octanol–water partition coefficient (Wildman–Crippen LogP) is 1.97. The second kappa shape index (κ2) is 33.9. The molecule has 2 aromatic carbocycles. The van der Waals surface area contributed by atoms with Crippen LogP contribution in [-0.2, 0) is 122 Å². The summed E-state index contributed by atoms with van der Waals surface area (Å²) in [6.45, 7) is 1.89. The number of amides is 8. The summed E-state index contributed by atoms with van der Waals surface area (Å²) in [5.41, 5.74) is -1.17. The van der Waals surface area contributed by atoms with E-state index < -0.39 is 99.2 Å². The molecule has 7 N–H and O–H groups in total. The number of imide groups is 1. The maximum atomic E-state index is 15.3. The topological polar surface area (TPSA) is 412 Å². The monoisotopic (exact) mass is 1500 g/mol. The quantitative estimate of drug-likeness (QED) is 0.0168. The molecule has 5 aliphatic heterocycles. The Balaban J connectivity index is 0.732. The Morgan fingerprint density at radius 3 is 1.52 bits per heavy atom. The first kappa shape index (κ1) is 78.1. The van der Waals surface area contributed by atoms with Crippen LogP contribution in [0, 0.1) is 11.6 Å². The molecule has 11 rings (SSSR count). The number of fused-ring (bicyclic) bond motifs is 10. The highest BCUT2D eigenvalue weighted by atomic mass is 19.1. The number of hydrogen-bond donors (Lipinski definition) is 7. The number of aliphatic hydroxyl groups is 2. The van der Waals surface area contributed by atoms with Gasteiger partial charge in [-0.25, -0.2) is 28.3 Å². The zero-order valence-electron chi connectivity index (χ0n) is 60.2. The lowest BCUT2D eigenvalue weighted by Crippen LogP contribution is -2.47. The van der Waals surface area contributed by atoms with E-state index in [1.54, 1.807) is 13.8 Å². The van der Waals surface area contributed by atoms with Gasteiger partial charge in [0, 0.05) is 142 Å². The van der Waals surface area contributed by atoms with Crippen molar-refractivity contribution in [2.75, 3.05) is 87.0 Å². The van der Waals surface area contributed by atoms with E-state index >= 15 is 8.78 Å². The number of carbonyl (C=O) groups is 10. The first-order valence-corrected chi connectivity index (χ1v) is 35.4. The van der Waals surface area contributed by atoms with E-state index in [-0.39, 0.29) is 226 Å². The van der Waals surface area contributed by atoms with E-state index in [0.29, 0.717) is 44.4 Å². The molecule has 0 unspecified atom stereocenters. The summed E-state index contributed by atoms with van der Waals surface area (Å²) >= 11 is 0. The highest BCUT2D eigenvalue weighted by molar-refractivity contribution is 6.13. The molecule has 108 heavy (non-hydrogen) atoms. The smallest absolute Gasteiger partial charge is 0.343 e. The van der Waals surface area contributed by atoms with Gasteiger partial charge in [0.15, 0.2) is 34.3 Å². The standard InChI is InChI=1S/C74H83F2N11O21/c1-6-73(100)48-30-55-66-42(34-86(55)69(96)46(48)38-107-71(73)98)44(40-28-57(103-4)50(75)32-53(40)82-66)36-105-26-20-78-60(89)16-23-84(63(92)11-8-18-80-68(95)52(12-13-59(88)77-19-25-102-3)81-62(91)10-9-22-85-64(93)14-15-65(85)94)24-17-61(90)79-21-27-106-37-45-41-29-58(104-5)51(76)33-54(41)83-67-43(45)35-87-56(67)31-49-47(70(87)97)39-108-72(99)74(49,101)7-2/h14-15,28-33,52,100-101H,6-13,16-27,34-39H2,1-5H3,(H,77,88)(H,78,89)(H,79,90)(H,80,95)(H,81,91)/t52-,73-,74-/m0/s1. The fraction of sp³-hybridized carbons (Fsp3) is 0.459. The molecule has 0 bridgehead atoms. The molecule has 574 valence electrons. The molecule has 0 aliphatic carbocycles. The average molecular weight is 1500 g/mol. The zero-order valence-corrected chi connectivity index (χ0v) is 60.2. The number of cyclic esters (lactones) is 2. The SMILES string of the molecule is CC[C@@]1(O)C(=O)OCc2c1cc1n(c2=O)Cc2c-1nc1cc(F)c(OC)cc1c2COCCNC(=O)CCN(CCC(=O)NCCOCc1c2c(nc3cc(F)c(OC)cc13)-c1cc3c(c(=O)n1C2)COC(=O)[C@]3(O)CC)C(=O)CCCNC(=O)[C@H](CCC(=O)NCCOC)NC(=O)CCCN1C(=O)C=CC1=O. The van der Waals surface area contributed by atoms with Crippen LogP contribution >= 0.6 is 0 Å². The predicted molar refractivity (Wildman–Crippen MR) is 377 cm³/mol. The molecule has 0 saturated carbocycles. The Kier molecular flexibility index (Phi) is 24.5. The van der Waals surface area contributed by atoms with Crippen molar-refractivity contribution >= 4 is 81.0 Å². The third kappa shape index (κ3) is 16.3. The van der Waals surface area contributed by atoms with E-state index in [1.807, 2.05) is 0 Å². The summed E-state index contributed by atoms with van der Waals surface area (Å²) in [5.74, 6) is -7.63. The Labute approximate surface area is 615 Å². The highest BCUT2D eigenvalue weighted by Crippen LogP contribution is 2.44. The number of nitrogens with zero attached hydrogens (tertiary/aromatic N) is 6. The number of hydrogen-bond acceptors (Lipinski definition) is 23. The van der Waals surface area contributed by atoms with Crippen LogP contribution in [0.25, 0.3) is 44.6 Å². The van der Waals surface area contributed by atoms with Crippen molar-refractivity contribution in [1.82, 2.24) is 55.5 Å². The number of benzene rings is 2. The molecule has 0 fully saturated rings. The zero-order chi connectivity index (χ0) is 77.3. The summed E-state index contributed by atoms with van der Waals surface area (Å²) in [6.07, 6.45) is 1.05. The molecule has 34 heteroatoms. The lowest BCUT2D eigenvalue weighted by molar-refractivity contribution is -0.172. The van der Waals surface area contributed by atoms with Crippen molar-refractivity contribution in [2.24, 2.45) is 0 Å². The van der Waals surface area contributed by atoms with Gasteiger partial charge in [-0.05, 0) is 67.5 Å². The van der Waals surface area contributed by atoms with E-state index in [1.165, 1.54) is 71.8 Å². The van der Waals surface area contributed by atoms with Crippen LogP contribution in [0.4, 0.5) is 8.78 Å². The first-order valence-electron chi connectivity index (χ1n) is 35.4. The summed E-state index contributed by atoms with van der Waals surface area (Å²) in [4.78, 5) is 171. The van der Waals surface area contributed by atoms with Crippen LogP contribution in [0.5, 0.6) is 11.5 Å². The van der Waals surface area contributed by atoms with E-state index in [9.17, 15) is 67.7 Å². The molecule has 4 aromatic heterocycles. The fourth-order valence-corrected chi connectivity index (χ4v) is 13.8. The van der Waals surface area contributed by atoms with Gasteiger partial charge in [0.05, 0.1) is 105 Å². The third-order valence-electron chi connectivity index (χ3n) is 19.9. The second-order valence-electron chi connectivity index (χ2n) is 26.4. The lowest BCUT2D eigenvalue weighted by atomic mass is 9.86. The maximum Gasteiger partial charge on any atom is 0.343 e. The number of nitrogens with one attached hydrogen (secondary N) is 5. The van der Waals surface area contributed by atoms with Crippen molar-refractivity contribution in [2.45, 2.75) is 135 Å². The molecular weight excluding hydrogens is 1420 g/mol. The number of pyridine rings is 4. The van der Waals surface area contributed by atoms with Gasteiger partial charge in [-0.2, -0.15) is 0 Å². The van der Waals surface area contributed by atoms with Gasteiger partial charge in [0.1, 0.15) is 19.3 Å². The van der Waals surface area contributed by atoms with E-state index in [4.69, 9.17) is 43.1 Å². The average Bonchev–Trinajstić information content (AvgIpc) is 1.54. The normalized spacial score (nSPS) is 16.7. The van der Waals surface area contributed by atoms with Crippen LogP contribution in [0.3, 0.4) is 0 Å². The number of ether oxygens (including phenoxy) is 7. The maximum absolute atomic E-state index is 15.3. The first-order chi connectivity index (χ1) is 51.9. The Morgan fingerprint density at radius 2 is 1.06 bits per heavy atom. The minimum absolute atomic E-state index is 0.00363. The van der Waals surface area contributed by atoms with Gasteiger partial charge in [-0.3, -0.25) is 52.8 Å². The lowest BCUT2D eigenvalue weighted by Gasteiger charge is -2.31. The molecule has 8 amide bonds. The van der Waals surface area contributed by atoms with Gasteiger partial charge in [-0.1, -0.05) is 13.8 Å². The van der Waals surface area contributed by atoms with Crippen molar-refractivity contribution in [3.8, 4) is 34.3 Å². The number of esters is 2. The van der Waals surface area contributed by atoms with Gasteiger partial charge in [0.25, 0.3) is 22.9 Å². The van der Waals surface area contributed by atoms with Crippen molar-refractivity contribution in [3.05, 3.63) is 125 Å². The molecule has 5 aliphatic rings. The molecule has 3 atom stereocenters. The van der Waals surface area contributed by atoms with Crippen molar-refractivity contribution < 1.29 is 100 Å². The van der Waals surface area contributed by atoms with Crippen LogP contribution in [0.1, 0.15) is 123 Å². The van der Waals surface area contributed by atoms with Gasteiger partial charge in [-0.15, -0.1) is 0 Å². The highest BCUT2D eigenvalue weighted by Gasteiger charge is 2.47. The third-order valence-corrected chi connectivity index (χ3v) is 19.9. The summed E-state index contributed by atoms with van der Waals surface area (Å²) in [6, 6.07) is 7.13. The van der Waals surface area contributed by atoms with Gasteiger partial charge in [0.2, 0.25) is 35.4 Å². The van der Waals surface area contributed by atoms with Gasteiger partial charge >= 0.3 is 11.9 Å². The van der Waals surface area contributed by atoms with Crippen molar-refractivity contribution in [1.29, 1.82) is 0 Å². The molecule has 9 heterocycles. The number of halogens is 2. The number of rotatable bonds is 36. The largest absolute Gasteiger partial charge is 0.494 e. The Bertz CT molecular complexity index is 4540. The summed E-state index contributed by atoms with van der Waals surface area (Å²) < 4.78 is 71.9. The number of methoxy groups -OCH3 is 3. The molecule has 0 spiro atoms. The van der Waals surface area contributed by atoms with E-state index in [0.717, 1.165) is 17.1 Å². The Morgan fingerprint density at radius 1 is 0.583 bits per heavy atom. The van der Waals surface area contributed by atoms with Gasteiger partial charge < -0.3 is 84.0 Å². The van der Waals surface area contributed by atoms with Crippen LogP contribution in [-0.4, -0.2) is 191 Å². The van der Waals surface area contributed by atoms with Crippen LogP contribution in [0.15, 0.2) is 58.1 Å². The molecule has 6 aromatic rings. The molecule has 0 radical (unpaired) electrons. The van der Waals surface area contributed by atoms with E-state index in [2.05, 4.69) is 26.6 Å². The molecular formula is C74H83F2N11O21. The second-order valence-corrected chi connectivity index (χ2v) is 26.4. The van der Waals surface area contributed by atoms with Crippen LogP contribution in [0.2, 0.25) is 0 Å². The summed E-state index contributed by atoms with van der Waals surface area (Å²) in [5, 5.41) is 37.3. The number of carbonyl (C=O) groups excluding carboxylic acids is 10. The minimum Gasteiger partial charge on any atom is -0.494 e. The molecule has 32 nitrogen and oxygen atoms in total. The summed E-state index contributed by atoms with van der Waals surface area (Å²) in [7, 11) is 4.06. The fourth-order valence-electron chi connectivity index (χ4n) is 13.8. The molecule has 0 saturated heterocycles. The minimum atomic E-state index is -2.10. The Hall–Kier alpha value is -10.9.